The van der Waals surface area contributed by atoms with E-state index in [0.717, 1.165) is 11.3 Å². The maximum atomic E-state index is 11.8. The van der Waals surface area contributed by atoms with Crippen molar-refractivity contribution >= 4 is 23.4 Å². The van der Waals surface area contributed by atoms with Gasteiger partial charge in [0.1, 0.15) is 5.75 Å². The summed E-state index contributed by atoms with van der Waals surface area (Å²) >= 11 is 0. The van der Waals surface area contributed by atoms with Crippen LogP contribution < -0.4 is 20.9 Å². The van der Waals surface area contributed by atoms with Crippen LogP contribution >= 0.6 is 0 Å². The van der Waals surface area contributed by atoms with E-state index in [1.165, 1.54) is 0 Å². The van der Waals surface area contributed by atoms with Crippen molar-refractivity contribution in [2.75, 3.05) is 11.9 Å². The fourth-order valence-electron chi connectivity index (χ4n) is 2.42. The molecule has 0 bridgehead atoms. The Bertz CT molecular complexity index is 805. The molecule has 0 fully saturated rings. The molecule has 2 aromatic carbocycles. The number of rotatable bonds is 4. The van der Waals surface area contributed by atoms with Crippen molar-refractivity contribution in [2.45, 2.75) is 12.8 Å². The Balaban J connectivity index is 1.48. The molecule has 128 valence electrons. The highest BCUT2D eigenvalue weighted by Crippen LogP contribution is 2.26. The SMILES string of the molecule is O=C(COc1ccc2c(c1)CCC(=O)N2)NNC(=O)c1ccccc1. The molecule has 0 atom stereocenters. The molecular formula is C18H17N3O4. The Morgan fingerprint density at radius 2 is 1.84 bits per heavy atom. The topological polar surface area (TPSA) is 96.5 Å². The summed E-state index contributed by atoms with van der Waals surface area (Å²) in [6, 6.07) is 13.8. The largest absolute Gasteiger partial charge is 0.484 e. The van der Waals surface area contributed by atoms with Crippen LogP contribution in [-0.2, 0) is 16.0 Å². The number of benzene rings is 2. The van der Waals surface area contributed by atoms with Crippen LogP contribution in [0.4, 0.5) is 5.69 Å². The Hall–Kier alpha value is -3.35. The summed E-state index contributed by atoms with van der Waals surface area (Å²) in [5, 5.41) is 2.78. The molecule has 1 aliphatic heterocycles. The van der Waals surface area contributed by atoms with E-state index < -0.39 is 11.8 Å². The third-order valence-electron chi connectivity index (χ3n) is 3.69. The Morgan fingerprint density at radius 3 is 2.64 bits per heavy atom. The van der Waals surface area contributed by atoms with E-state index in [0.29, 0.717) is 24.2 Å². The highest BCUT2D eigenvalue weighted by molar-refractivity contribution is 5.95. The molecule has 0 aromatic heterocycles. The van der Waals surface area contributed by atoms with Gasteiger partial charge in [-0.05, 0) is 42.3 Å². The van der Waals surface area contributed by atoms with Gasteiger partial charge in [0.2, 0.25) is 5.91 Å². The van der Waals surface area contributed by atoms with Crippen LogP contribution in [-0.4, -0.2) is 24.3 Å². The molecule has 3 rings (SSSR count). The van der Waals surface area contributed by atoms with Crippen LogP contribution in [0.1, 0.15) is 22.3 Å². The maximum Gasteiger partial charge on any atom is 0.276 e. The Kier molecular flexibility index (Phi) is 4.94. The first-order valence-corrected chi connectivity index (χ1v) is 7.81. The molecule has 0 aliphatic carbocycles. The predicted octanol–water partition coefficient (Wildman–Crippen LogP) is 1.41. The number of nitrogens with one attached hydrogen (secondary N) is 3. The van der Waals surface area contributed by atoms with Gasteiger partial charge in [0.25, 0.3) is 11.8 Å². The van der Waals surface area contributed by atoms with Gasteiger partial charge in [-0.2, -0.15) is 0 Å². The molecule has 0 radical (unpaired) electrons. The minimum atomic E-state index is -0.477. The van der Waals surface area contributed by atoms with Gasteiger partial charge in [-0.3, -0.25) is 25.2 Å². The normalized spacial score (nSPS) is 12.6. The zero-order chi connectivity index (χ0) is 17.6. The van der Waals surface area contributed by atoms with Gasteiger partial charge in [0, 0.05) is 17.7 Å². The van der Waals surface area contributed by atoms with Crippen molar-refractivity contribution in [3.63, 3.8) is 0 Å². The second-order valence-electron chi connectivity index (χ2n) is 5.52. The predicted molar refractivity (Wildman–Crippen MR) is 90.9 cm³/mol. The molecule has 0 saturated heterocycles. The Morgan fingerprint density at radius 1 is 1.04 bits per heavy atom. The van der Waals surface area contributed by atoms with Gasteiger partial charge in [0.05, 0.1) is 0 Å². The number of hydrogen-bond acceptors (Lipinski definition) is 4. The molecule has 7 heteroatoms. The zero-order valence-electron chi connectivity index (χ0n) is 13.4. The summed E-state index contributed by atoms with van der Waals surface area (Å²) < 4.78 is 5.42. The average Bonchev–Trinajstić information content (AvgIpc) is 2.65. The molecule has 1 heterocycles. The minimum Gasteiger partial charge on any atom is -0.484 e. The van der Waals surface area contributed by atoms with Crippen molar-refractivity contribution in [3.05, 3.63) is 59.7 Å². The highest BCUT2D eigenvalue weighted by Gasteiger charge is 2.15. The molecule has 0 unspecified atom stereocenters. The molecular weight excluding hydrogens is 322 g/mol. The van der Waals surface area contributed by atoms with Crippen LogP contribution in [0, 0.1) is 0 Å². The van der Waals surface area contributed by atoms with E-state index in [1.807, 2.05) is 0 Å². The molecule has 25 heavy (non-hydrogen) atoms. The van der Waals surface area contributed by atoms with Crippen molar-refractivity contribution in [3.8, 4) is 5.75 Å². The third kappa shape index (κ3) is 4.35. The van der Waals surface area contributed by atoms with Gasteiger partial charge in [-0.15, -0.1) is 0 Å². The summed E-state index contributed by atoms with van der Waals surface area (Å²) in [6.07, 6.45) is 1.07. The fraction of sp³-hybridized carbons (Fsp3) is 0.167. The monoisotopic (exact) mass is 339 g/mol. The lowest BCUT2D eigenvalue weighted by Crippen LogP contribution is -2.43. The number of amides is 3. The number of ether oxygens (including phenoxy) is 1. The van der Waals surface area contributed by atoms with E-state index in [9.17, 15) is 14.4 Å². The molecule has 7 nitrogen and oxygen atoms in total. The fourth-order valence-corrected chi connectivity index (χ4v) is 2.42. The first-order chi connectivity index (χ1) is 12.1. The quantitative estimate of drug-likeness (QED) is 0.734. The van der Waals surface area contributed by atoms with Crippen molar-refractivity contribution in [1.82, 2.24) is 10.9 Å². The molecule has 0 spiro atoms. The molecule has 2 aromatic rings. The van der Waals surface area contributed by atoms with E-state index in [1.54, 1.807) is 48.5 Å². The van der Waals surface area contributed by atoms with Crippen LogP contribution in [0.15, 0.2) is 48.5 Å². The number of hydrazine groups is 1. The smallest absolute Gasteiger partial charge is 0.276 e. The lowest BCUT2D eigenvalue weighted by atomic mass is 10.0. The highest BCUT2D eigenvalue weighted by atomic mass is 16.5. The third-order valence-corrected chi connectivity index (χ3v) is 3.69. The molecule has 3 amide bonds. The number of fused-ring (bicyclic) bond motifs is 1. The first-order valence-electron chi connectivity index (χ1n) is 7.81. The first kappa shape index (κ1) is 16.5. The van der Waals surface area contributed by atoms with Crippen LogP contribution in [0.5, 0.6) is 5.75 Å². The van der Waals surface area contributed by atoms with Crippen molar-refractivity contribution in [2.24, 2.45) is 0 Å². The van der Waals surface area contributed by atoms with Crippen molar-refractivity contribution in [1.29, 1.82) is 0 Å². The number of carbonyl (C=O) groups excluding carboxylic acids is 3. The molecule has 3 N–H and O–H groups in total. The minimum absolute atomic E-state index is 0.00490. The number of anilines is 1. The van der Waals surface area contributed by atoms with Crippen LogP contribution in [0.25, 0.3) is 0 Å². The van der Waals surface area contributed by atoms with E-state index >= 15 is 0 Å². The van der Waals surface area contributed by atoms with Crippen LogP contribution in [0.3, 0.4) is 0 Å². The van der Waals surface area contributed by atoms with Gasteiger partial charge in [0.15, 0.2) is 6.61 Å². The van der Waals surface area contributed by atoms with Gasteiger partial charge < -0.3 is 10.1 Å². The van der Waals surface area contributed by atoms with Gasteiger partial charge >= 0.3 is 0 Å². The summed E-state index contributed by atoms with van der Waals surface area (Å²) in [7, 11) is 0. The lowest BCUT2D eigenvalue weighted by Gasteiger charge is -2.17. The summed E-state index contributed by atoms with van der Waals surface area (Å²) in [4.78, 5) is 34.9. The van der Waals surface area contributed by atoms with E-state index in [-0.39, 0.29) is 12.5 Å². The number of aryl methyl sites for hydroxylation is 1. The molecule has 1 aliphatic rings. The second kappa shape index (κ2) is 7.48. The van der Waals surface area contributed by atoms with E-state index in [2.05, 4.69) is 16.2 Å². The van der Waals surface area contributed by atoms with Crippen LogP contribution in [0.2, 0.25) is 0 Å². The molecule has 0 saturated carbocycles. The van der Waals surface area contributed by atoms with Crippen molar-refractivity contribution < 1.29 is 19.1 Å². The maximum absolute atomic E-state index is 11.8. The summed E-state index contributed by atoms with van der Waals surface area (Å²) in [5.41, 5.74) is 6.80. The lowest BCUT2D eigenvalue weighted by molar-refractivity contribution is -0.123. The average molecular weight is 339 g/mol. The van der Waals surface area contributed by atoms with Gasteiger partial charge in [-0.25, -0.2) is 0 Å². The number of carbonyl (C=O) groups is 3. The van der Waals surface area contributed by atoms with Gasteiger partial charge in [-0.1, -0.05) is 18.2 Å². The number of hydrogen-bond donors (Lipinski definition) is 3. The summed E-state index contributed by atoms with van der Waals surface area (Å²) in [6.45, 7) is -0.236. The standard InChI is InChI=1S/C18H17N3O4/c22-16-9-6-13-10-14(7-8-15(13)19-16)25-11-17(23)20-21-18(24)12-4-2-1-3-5-12/h1-5,7-8,10H,6,9,11H2,(H,19,22)(H,20,23)(H,21,24). The van der Waals surface area contributed by atoms with E-state index in [4.69, 9.17) is 4.74 Å². The Labute approximate surface area is 144 Å². The zero-order valence-corrected chi connectivity index (χ0v) is 13.4. The second-order valence-corrected chi connectivity index (χ2v) is 5.52. The summed E-state index contributed by atoms with van der Waals surface area (Å²) in [5.74, 6) is -0.358.